The average molecular weight is 256 g/mol. The van der Waals surface area contributed by atoms with Gasteiger partial charge >= 0.3 is 0 Å². The van der Waals surface area contributed by atoms with Crippen molar-refractivity contribution >= 4 is 23.1 Å². The Balaban J connectivity index is 2.37. The highest BCUT2D eigenvalue weighted by Gasteiger charge is 2.09. The van der Waals surface area contributed by atoms with Gasteiger partial charge in [-0.3, -0.25) is 0 Å². The van der Waals surface area contributed by atoms with E-state index >= 15 is 0 Å². The van der Waals surface area contributed by atoms with Crippen LogP contribution in [0, 0.1) is 18.6 Å². The summed E-state index contributed by atoms with van der Waals surface area (Å²) in [6.07, 6.45) is 2.80. The maximum atomic E-state index is 13.5. The third-order valence-electron chi connectivity index (χ3n) is 2.15. The first-order valence-electron chi connectivity index (χ1n) is 4.77. The Morgan fingerprint density at radius 2 is 1.82 bits per heavy atom. The van der Waals surface area contributed by atoms with Crippen LogP contribution in [0.1, 0.15) is 5.56 Å². The number of halogens is 3. The molecule has 88 valence electrons. The van der Waals surface area contributed by atoms with Crippen LogP contribution in [-0.2, 0) is 0 Å². The van der Waals surface area contributed by atoms with Crippen LogP contribution in [0.4, 0.5) is 20.3 Å². The van der Waals surface area contributed by atoms with Crippen molar-refractivity contribution in [1.82, 2.24) is 9.97 Å². The molecule has 0 aliphatic carbocycles. The van der Waals surface area contributed by atoms with Gasteiger partial charge in [-0.15, -0.1) is 0 Å². The van der Waals surface area contributed by atoms with Gasteiger partial charge in [0.15, 0.2) is 11.0 Å². The number of benzene rings is 1. The van der Waals surface area contributed by atoms with Crippen LogP contribution in [0.15, 0.2) is 24.5 Å². The summed E-state index contributed by atoms with van der Waals surface area (Å²) in [4.78, 5) is 7.64. The topological polar surface area (TPSA) is 37.8 Å². The van der Waals surface area contributed by atoms with Gasteiger partial charge in [-0.1, -0.05) is 11.6 Å². The summed E-state index contributed by atoms with van der Waals surface area (Å²) in [6.45, 7) is 1.48. The summed E-state index contributed by atoms with van der Waals surface area (Å²) in [6, 6.07) is 2.15. The van der Waals surface area contributed by atoms with Crippen molar-refractivity contribution in [2.75, 3.05) is 5.32 Å². The lowest BCUT2D eigenvalue weighted by atomic mass is 10.2. The van der Waals surface area contributed by atoms with Crippen molar-refractivity contribution in [3.8, 4) is 0 Å². The number of rotatable bonds is 2. The Morgan fingerprint density at radius 1 is 1.12 bits per heavy atom. The fourth-order valence-electron chi connectivity index (χ4n) is 1.27. The third-order valence-corrected chi connectivity index (χ3v) is 2.43. The molecule has 2 rings (SSSR count). The molecule has 0 bridgehead atoms. The van der Waals surface area contributed by atoms with Crippen molar-refractivity contribution in [3.63, 3.8) is 0 Å². The van der Waals surface area contributed by atoms with Gasteiger partial charge in [-0.05, 0) is 18.6 Å². The van der Waals surface area contributed by atoms with E-state index in [2.05, 4.69) is 15.3 Å². The van der Waals surface area contributed by atoms with E-state index in [1.165, 1.54) is 19.3 Å². The maximum Gasteiger partial charge on any atom is 0.171 e. The molecule has 2 aromatic rings. The summed E-state index contributed by atoms with van der Waals surface area (Å²) >= 11 is 5.75. The number of nitrogens with zero attached hydrogens (tertiary/aromatic N) is 2. The smallest absolute Gasteiger partial charge is 0.171 e. The lowest BCUT2D eigenvalue weighted by molar-refractivity contribution is 0.595. The monoisotopic (exact) mass is 255 g/mol. The number of nitrogens with one attached hydrogen (secondary N) is 1. The SMILES string of the molecule is Cc1cc(F)c(Nc2nccnc2Cl)cc1F. The molecule has 0 aliphatic rings. The number of aryl methyl sites for hydroxylation is 1. The summed E-state index contributed by atoms with van der Waals surface area (Å²) in [5.41, 5.74) is 0.203. The fourth-order valence-corrected chi connectivity index (χ4v) is 1.43. The lowest BCUT2D eigenvalue weighted by Crippen LogP contribution is -1.99. The van der Waals surface area contributed by atoms with Gasteiger partial charge in [0.2, 0.25) is 0 Å². The van der Waals surface area contributed by atoms with Crippen molar-refractivity contribution in [2.24, 2.45) is 0 Å². The normalized spacial score (nSPS) is 10.4. The molecule has 0 atom stereocenters. The van der Waals surface area contributed by atoms with Gasteiger partial charge < -0.3 is 5.32 Å². The summed E-state index contributed by atoms with van der Waals surface area (Å²) in [5.74, 6) is -0.907. The van der Waals surface area contributed by atoms with E-state index in [0.29, 0.717) is 0 Å². The molecular formula is C11H8ClF2N3. The van der Waals surface area contributed by atoms with E-state index in [0.717, 1.165) is 12.1 Å². The summed E-state index contributed by atoms with van der Waals surface area (Å²) in [7, 11) is 0. The average Bonchev–Trinajstić information content (AvgIpc) is 2.29. The van der Waals surface area contributed by atoms with Crippen LogP contribution in [0.3, 0.4) is 0 Å². The fraction of sp³-hybridized carbons (Fsp3) is 0.0909. The highest BCUT2D eigenvalue weighted by atomic mass is 35.5. The lowest BCUT2D eigenvalue weighted by Gasteiger charge is -2.08. The minimum Gasteiger partial charge on any atom is -0.335 e. The maximum absolute atomic E-state index is 13.5. The van der Waals surface area contributed by atoms with Crippen LogP contribution < -0.4 is 5.32 Å². The van der Waals surface area contributed by atoms with Gasteiger partial charge in [-0.25, -0.2) is 18.7 Å². The molecule has 1 N–H and O–H groups in total. The van der Waals surface area contributed by atoms with Gasteiger partial charge in [-0.2, -0.15) is 0 Å². The van der Waals surface area contributed by atoms with E-state index in [-0.39, 0.29) is 22.2 Å². The van der Waals surface area contributed by atoms with Crippen LogP contribution in [0.2, 0.25) is 5.15 Å². The molecule has 6 heteroatoms. The molecule has 0 spiro atoms. The summed E-state index contributed by atoms with van der Waals surface area (Å²) in [5, 5.41) is 2.68. The van der Waals surface area contributed by atoms with Crippen molar-refractivity contribution < 1.29 is 8.78 Å². The zero-order valence-corrected chi connectivity index (χ0v) is 9.59. The van der Waals surface area contributed by atoms with Crippen LogP contribution in [0.5, 0.6) is 0 Å². The second kappa shape index (κ2) is 4.63. The highest BCUT2D eigenvalue weighted by Crippen LogP contribution is 2.24. The van der Waals surface area contributed by atoms with Gasteiger partial charge in [0.05, 0.1) is 5.69 Å². The van der Waals surface area contributed by atoms with Gasteiger partial charge in [0.25, 0.3) is 0 Å². The zero-order valence-electron chi connectivity index (χ0n) is 8.84. The van der Waals surface area contributed by atoms with E-state index < -0.39 is 11.6 Å². The molecule has 0 fully saturated rings. The number of anilines is 2. The second-order valence-corrected chi connectivity index (χ2v) is 3.76. The molecular weight excluding hydrogens is 248 g/mol. The van der Waals surface area contributed by atoms with Gasteiger partial charge in [0, 0.05) is 18.5 Å². The van der Waals surface area contributed by atoms with Crippen molar-refractivity contribution in [3.05, 3.63) is 46.9 Å². The highest BCUT2D eigenvalue weighted by molar-refractivity contribution is 6.31. The Kier molecular flexibility index (Phi) is 3.19. The first-order valence-corrected chi connectivity index (χ1v) is 5.15. The molecule has 3 nitrogen and oxygen atoms in total. The Labute approximate surface area is 101 Å². The zero-order chi connectivity index (χ0) is 12.4. The molecule has 0 saturated carbocycles. The first-order chi connectivity index (χ1) is 8.08. The summed E-state index contributed by atoms with van der Waals surface area (Å²) < 4.78 is 26.8. The molecule has 0 aliphatic heterocycles. The molecule has 0 radical (unpaired) electrons. The number of hydrogen-bond donors (Lipinski definition) is 1. The van der Waals surface area contributed by atoms with Crippen LogP contribution in [0.25, 0.3) is 0 Å². The Morgan fingerprint density at radius 3 is 2.53 bits per heavy atom. The minimum atomic E-state index is -0.578. The van der Waals surface area contributed by atoms with Crippen LogP contribution >= 0.6 is 11.6 Å². The van der Waals surface area contributed by atoms with E-state index in [4.69, 9.17) is 11.6 Å². The molecule has 1 aromatic heterocycles. The molecule has 0 unspecified atom stereocenters. The predicted octanol–water partition coefficient (Wildman–Crippen LogP) is 3.46. The molecule has 1 aromatic carbocycles. The third kappa shape index (κ3) is 2.50. The van der Waals surface area contributed by atoms with E-state index in [9.17, 15) is 8.78 Å². The predicted molar refractivity (Wildman–Crippen MR) is 61.4 cm³/mol. The quantitative estimate of drug-likeness (QED) is 0.893. The molecule has 17 heavy (non-hydrogen) atoms. The van der Waals surface area contributed by atoms with Crippen LogP contribution in [-0.4, -0.2) is 9.97 Å². The number of aromatic nitrogens is 2. The first kappa shape index (κ1) is 11.7. The van der Waals surface area contributed by atoms with E-state index in [1.54, 1.807) is 0 Å². The molecule has 0 saturated heterocycles. The van der Waals surface area contributed by atoms with E-state index in [1.807, 2.05) is 0 Å². The Bertz CT molecular complexity index is 560. The van der Waals surface area contributed by atoms with Crippen molar-refractivity contribution in [2.45, 2.75) is 6.92 Å². The second-order valence-electron chi connectivity index (χ2n) is 3.40. The molecule has 1 heterocycles. The standard InChI is InChI=1S/C11H8ClF2N3/c1-6-4-8(14)9(5-7(6)13)17-11-10(12)15-2-3-16-11/h2-5H,1H3,(H,16,17). The molecule has 0 amide bonds. The number of hydrogen-bond acceptors (Lipinski definition) is 3. The van der Waals surface area contributed by atoms with Crippen molar-refractivity contribution in [1.29, 1.82) is 0 Å². The largest absolute Gasteiger partial charge is 0.335 e. The minimum absolute atomic E-state index is 0.0319. The van der Waals surface area contributed by atoms with Gasteiger partial charge in [0.1, 0.15) is 11.6 Å². The Hall–Kier alpha value is -1.75.